The van der Waals surface area contributed by atoms with Crippen molar-refractivity contribution in [2.24, 2.45) is 0 Å². The maximum Gasteiger partial charge on any atom is 0.264 e. The average molecular weight is 371 g/mol. The van der Waals surface area contributed by atoms with E-state index >= 15 is 0 Å². The van der Waals surface area contributed by atoms with Crippen molar-refractivity contribution in [3.8, 4) is 5.75 Å². The van der Waals surface area contributed by atoms with E-state index in [1.807, 2.05) is 0 Å². The van der Waals surface area contributed by atoms with Gasteiger partial charge in [-0.15, -0.1) is 0 Å². The number of carbonyl (C=O) groups excluding carboxylic acids is 1. The average Bonchev–Trinajstić information content (AvgIpc) is 2.87. The molecule has 0 aliphatic carbocycles. The van der Waals surface area contributed by atoms with E-state index in [1.54, 1.807) is 18.2 Å². The number of benzene rings is 2. The van der Waals surface area contributed by atoms with Gasteiger partial charge in [0.2, 0.25) is 0 Å². The van der Waals surface area contributed by atoms with E-state index in [9.17, 15) is 9.18 Å². The lowest BCUT2D eigenvalue weighted by molar-refractivity contribution is -0.118. The first-order valence-corrected chi connectivity index (χ1v) is 8.02. The van der Waals surface area contributed by atoms with Gasteiger partial charge in [-0.1, -0.05) is 34.5 Å². The van der Waals surface area contributed by atoms with Crippen LogP contribution in [0.15, 0.2) is 36.4 Å². The lowest BCUT2D eigenvalue weighted by Gasteiger charge is -2.07. The predicted octanol–water partition coefficient (Wildman–Crippen LogP) is 4.76. The van der Waals surface area contributed by atoms with Crippen LogP contribution in [0.5, 0.6) is 5.75 Å². The fraction of sp³-hybridized carbons (Fsp3) is 0.0667. The molecule has 0 bridgehead atoms. The molecule has 0 fully saturated rings. The number of halogens is 3. The van der Waals surface area contributed by atoms with E-state index in [0.717, 1.165) is 0 Å². The van der Waals surface area contributed by atoms with Crippen LogP contribution in [0, 0.1) is 5.82 Å². The van der Waals surface area contributed by atoms with E-state index < -0.39 is 5.91 Å². The van der Waals surface area contributed by atoms with E-state index in [1.165, 1.54) is 29.5 Å². The molecule has 4 nitrogen and oxygen atoms in total. The number of carbonyl (C=O) groups is 1. The summed E-state index contributed by atoms with van der Waals surface area (Å²) in [7, 11) is 0. The van der Waals surface area contributed by atoms with Gasteiger partial charge in [-0.3, -0.25) is 10.1 Å². The summed E-state index contributed by atoms with van der Waals surface area (Å²) in [4.78, 5) is 16.1. The number of nitrogens with one attached hydrogen (secondary N) is 1. The number of rotatable bonds is 4. The van der Waals surface area contributed by atoms with Crippen molar-refractivity contribution < 1.29 is 13.9 Å². The van der Waals surface area contributed by atoms with Crippen LogP contribution in [-0.2, 0) is 4.79 Å². The SMILES string of the molecule is O=C(COc1ccc(Cl)cc1Cl)Nc1nc2ccc(F)cc2s1. The van der Waals surface area contributed by atoms with Crippen molar-refractivity contribution in [3.63, 3.8) is 0 Å². The fourth-order valence-corrected chi connectivity index (χ4v) is 3.21. The monoisotopic (exact) mass is 370 g/mol. The Morgan fingerprint density at radius 2 is 2.09 bits per heavy atom. The molecule has 23 heavy (non-hydrogen) atoms. The van der Waals surface area contributed by atoms with Gasteiger partial charge in [0, 0.05) is 5.02 Å². The molecule has 118 valence electrons. The number of hydrogen-bond donors (Lipinski definition) is 1. The summed E-state index contributed by atoms with van der Waals surface area (Å²) in [6.45, 7) is -0.231. The zero-order chi connectivity index (χ0) is 16.4. The first-order valence-electron chi connectivity index (χ1n) is 6.45. The van der Waals surface area contributed by atoms with Crippen molar-refractivity contribution in [3.05, 3.63) is 52.3 Å². The van der Waals surface area contributed by atoms with Crippen molar-refractivity contribution in [1.29, 1.82) is 0 Å². The van der Waals surface area contributed by atoms with Gasteiger partial charge in [-0.05, 0) is 36.4 Å². The van der Waals surface area contributed by atoms with Crippen LogP contribution in [0.3, 0.4) is 0 Å². The van der Waals surface area contributed by atoms with E-state index in [4.69, 9.17) is 27.9 Å². The van der Waals surface area contributed by atoms with Crippen LogP contribution in [0.25, 0.3) is 10.2 Å². The topological polar surface area (TPSA) is 51.2 Å². The van der Waals surface area contributed by atoms with Gasteiger partial charge in [-0.25, -0.2) is 9.37 Å². The normalized spacial score (nSPS) is 10.7. The number of anilines is 1. The second-order valence-electron chi connectivity index (χ2n) is 4.54. The third kappa shape index (κ3) is 3.90. The summed E-state index contributed by atoms with van der Waals surface area (Å²) in [5.41, 5.74) is 0.619. The molecule has 0 saturated heterocycles. The molecule has 0 aliphatic rings. The Kier molecular flexibility index (Phi) is 4.66. The van der Waals surface area contributed by atoms with Gasteiger partial charge in [0.05, 0.1) is 15.2 Å². The highest BCUT2D eigenvalue weighted by Crippen LogP contribution is 2.28. The Labute approximate surface area is 144 Å². The fourth-order valence-electron chi connectivity index (χ4n) is 1.84. The Balaban J connectivity index is 1.64. The lowest BCUT2D eigenvalue weighted by Crippen LogP contribution is -2.20. The quantitative estimate of drug-likeness (QED) is 0.720. The maximum atomic E-state index is 13.1. The maximum absolute atomic E-state index is 13.1. The standard InChI is InChI=1S/C15H9Cl2FN2O2S/c16-8-1-4-12(10(17)5-8)22-7-14(21)20-15-19-11-3-2-9(18)6-13(11)23-15/h1-6H,7H2,(H,19,20,21). The highest BCUT2D eigenvalue weighted by atomic mass is 35.5. The number of fused-ring (bicyclic) bond motifs is 1. The van der Waals surface area contributed by atoms with Crippen molar-refractivity contribution in [2.45, 2.75) is 0 Å². The second kappa shape index (κ2) is 6.70. The van der Waals surface area contributed by atoms with Crippen LogP contribution in [0.1, 0.15) is 0 Å². The summed E-state index contributed by atoms with van der Waals surface area (Å²) in [6, 6.07) is 8.96. The highest BCUT2D eigenvalue weighted by molar-refractivity contribution is 7.22. The van der Waals surface area contributed by atoms with E-state index in [0.29, 0.717) is 31.1 Å². The van der Waals surface area contributed by atoms with Crippen molar-refractivity contribution in [1.82, 2.24) is 4.98 Å². The molecule has 2 aromatic carbocycles. The summed E-state index contributed by atoms with van der Waals surface area (Å²) in [6.07, 6.45) is 0. The van der Waals surface area contributed by atoms with Crippen LogP contribution < -0.4 is 10.1 Å². The number of thiazole rings is 1. The van der Waals surface area contributed by atoms with Gasteiger partial charge in [0.1, 0.15) is 11.6 Å². The first kappa shape index (κ1) is 16.0. The van der Waals surface area contributed by atoms with E-state index in [2.05, 4.69) is 10.3 Å². The van der Waals surface area contributed by atoms with Crippen LogP contribution in [0.2, 0.25) is 10.0 Å². The zero-order valence-electron chi connectivity index (χ0n) is 11.5. The minimum absolute atomic E-state index is 0.231. The summed E-state index contributed by atoms with van der Waals surface area (Å²) in [5, 5.41) is 3.78. The molecule has 8 heteroatoms. The molecular weight excluding hydrogens is 362 g/mol. The molecule has 0 spiro atoms. The van der Waals surface area contributed by atoms with Gasteiger partial charge in [0.15, 0.2) is 11.7 Å². The van der Waals surface area contributed by atoms with Crippen LogP contribution in [0.4, 0.5) is 9.52 Å². The van der Waals surface area contributed by atoms with Gasteiger partial charge in [0.25, 0.3) is 5.91 Å². The first-order chi connectivity index (χ1) is 11.0. The van der Waals surface area contributed by atoms with Gasteiger partial charge >= 0.3 is 0 Å². The second-order valence-corrected chi connectivity index (χ2v) is 6.42. The predicted molar refractivity (Wildman–Crippen MR) is 90.2 cm³/mol. The molecule has 0 saturated carbocycles. The Hall–Kier alpha value is -1.89. The van der Waals surface area contributed by atoms with Crippen molar-refractivity contribution >= 4 is 55.8 Å². The smallest absolute Gasteiger partial charge is 0.264 e. The molecule has 1 N–H and O–H groups in total. The third-order valence-electron chi connectivity index (χ3n) is 2.85. The third-order valence-corrected chi connectivity index (χ3v) is 4.31. The molecule has 0 radical (unpaired) electrons. The summed E-state index contributed by atoms with van der Waals surface area (Å²) >= 11 is 12.9. The van der Waals surface area contributed by atoms with Crippen LogP contribution >= 0.6 is 34.5 Å². The molecular formula is C15H9Cl2FN2O2S. The van der Waals surface area contributed by atoms with E-state index in [-0.39, 0.29) is 12.4 Å². The molecule has 3 rings (SSSR count). The number of ether oxygens (including phenoxy) is 1. The van der Waals surface area contributed by atoms with Gasteiger partial charge < -0.3 is 4.74 Å². The molecule has 1 amide bonds. The lowest BCUT2D eigenvalue weighted by atomic mass is 10.3. The minimum atomic E-state index is -0.393. The highest BCUT2D eigenvalue weighted by Gasteiger charge is 2.10. The Bertz CT molecular complexity index is 885. The number of aromatic nitrogens is 1. The van der Waals surface area contributed by atoms with Gasteiger partial charge in [-0.2, -0.15) is 0 Å². The minimum Gasteiger partial charge on any atom is -0.482 e. The number of hydrogen-bond acceptors (Lipinski definition) is 4. The molecule has 0 aliphatic heterocycles. The number of nitrogens with zero attached hydrogens (tertiary/aromatic N) is 1. The summed E-state index contributed by atoms with van der Waals surface area (Å²) < 4.78 is 19.1. The largest absolute Gasteiger partial charge is 0.482 e. The molecule has 0 unspecified atom stereocenters. The molecule has 1 aromatic heterocycles. The number of amides is 1. The summed E-state index contributed by atoms with van der Waals surface area (Å²) in [5.74, 6) is -0.382. The Morgan fingerprint density at radius 3 is 2.87 bits per heavy atom. The molecule has 0 atom stereocenters. The zero-order valence-corrected chi connectivity index (χ0v) is 13.8. The molecule has 3 aromatic rings. The van der Waals surface area contributed by atoms with Crippen LogP contribution in [-0.4, -0.2) is 17.5 Å². The van der Waals surface area contributed by atoms with Crippen molar-refractivity contribution in [2.75, 3.05) is 11.9 Å². The Morgan fingerprint density at radius 1 is 1.26 bits per heavy atom. The molecule has 1 heterocycles.